The fourth-order valence-electron chi connectivity index (χ4n) is 1.03. The molecule has 0 spiro atoms. The third kappa shape index (κ3) is 1.90. The minimum Gasteiger partial charge on any atom is -0.332 e. The van der Waals surface area contributed by atoms with Gasteiger partial charge in [-0.3, -0.25) is 0 Å². The molecule has 68 valence electrons. The van der Waals surface area contributed by atoms with E-state index in [4.69, 9.17) is 5.26 Å². The maximum Gasteiger partial charge on any atom is 0.188 e. The van der Waals surface area contributed by atoms with E-state index >= 15 is 0 Å². The van der Waals surface area contributed by atoms with Gasteiger partial charge < -0.3 is 5.32 Å². The van der Waals surface area contributed by atoms with E-state index in [9.17, 15) is 0 Å². The molecule has 1 aromatic heterocycles. The van der Waals surface area contributed by atoms with Crippen molar-refractivity contribution in [2.24, 2.45) is 0 Å². The van der Waals surface area contributed by atoms with Gasteiger partial charge in [-0.2, -0.15) is 5.26 Å². The zero-order valence-corrected chi connectivity index (χ0v) is 8.08. The van der Waals surface area contributed by atoms with Gasteiger partial charge in [0.1, 0.15) is 10.9 Å². The highest BCUT2D eigenvalue weighted by Crippen LogP contribution is 2.21. The Morgan fingerprint density at radius 3 is 2.71 bits per heavy atom. The zero-order chi connectivity index (χ0) is 9.80. The quantitative estimate of drug-likeness (QED) is 0.812. The van der Waals surface area contributed by atoms with Gasteiger partial charge in [-0.25, -0.2) is 4.98 Å². The van der Waals surface area contributed by atoms with Gasteiger partial charge in [0, 0.05) is 5.69 Å². The van der Waals surface area contributed by atoms with Crippen molar-refractivity contribution in [3.8, 4) is 6.07 Å². The highest BCUT2D eigenvalue weighted by atomic mass is 32.1. The van der Waals surface area contributed by atoms with E-state index < -0.39 is 0 Å². The van der Waals surface area contributed by atoms with Crippen LogP contribution in [0.5, 0.6) is 0 Å². The lowest BCUT2D eigenvalue weighted by Crippen LogP contribution is -1.87. The van der Waals surface area contributed by atoms with Crippen LogP contribution in [0.25, 0.3) is 0 Å². The van der Waals surface area contributed by atoms with Crippen molar-refractivity contribution < 1.29 is 0 Å². The average molecular weight is 201 g/mol. The Bertz CT molecular complexity index is 456. The number of nitrogens with one attached hydrogen (secondary N) is 1. The second kappa shape index (κ2) is 3.90. The first kappa shape index (κ1) is 8.73. The summed E-state index contributed by atoms with van der Waals surface area (Å²) in [5.74, 6) is 0. The molecule has 0 saturated heterocycles. The van der Waals surface area contributed by atoms with Crippen molar-refractivity contribution in [3.05, 3.63) is 41.4 Å². The number of hydrogen-bond donors (Lipinski definition) is 1. The van der Waals surface area contributed by atoms with Crippen LogP contribution >= 0.6 is 11.3 Å². The maximum atomic E-state index is 8.61. The number of thiazole rings is 1. The normalized spacial score (nSPS) is 9.36. The van der Waals surface area contributed by atoms with E-state index in [1.807, 2.05) is 36.4 Å². The van der Waals surface area contributed by atoms with Crippen LogP contribution in [0.4, 0.5) is 10.8 Å². The van der Waals surface area contributed by atoms with E-state index in [1.54, 1.807) is 6.20 Å². The van der Waals surface area contributed by atoms with E-state index in [2.05, 4.69) is 10.3 Å². The first-order valence-corrected chi connectivity index (χ1v) is 4.88. The Hall–Kier alpha value is -1.86. The summed E-state index contributed by atoms with van der Waals surface area (Å²) in [4.78, 5) is 4.68. The number of aromatic nitrogens is 1. The molecule has 4 heteroatoms. The van der Waals surface area contributed by atoms with Gasteiger partial charge >= 0.3 is 0 Å². The summed E-state index contributed by atoms with van der Waals surface area (Å²) < 4.78 is 0. The fraction of sp³-hybridized carbons (Fsp3) is 0. The Kier molecular flexibility index (Phi) is 2.43. The molecule has 0 aliphatic rings. The van der Waals surface area contributed by atoms with E-state index in [1.165, 1.54) is 11.3 Å². The predicted molar refractivity (Wildman–Crippen MR) is 56.6 cm³/mol. The zero-order valence-electron chi connectivity index (χ0n) is 7.27. The molecule has 0 unspecified atom stereocenters. The largest absolute Gasteiger partial charge is 0.332 e. The van der Waals surface area contributed by atoms with Gasteiger partial charge in [-0.15, -0.1) is 0 Å². The summed E-state index contributed by atoms with van der Waals surface area (Å²) in [7, 11) is 0. The molecule has 0 aliphatic carbocycles. The van der Waals surface area contributed by atoms with Crippen LogP contribution in [-0.4, -0.2) is 4.98 Å². The summed E-state index contributed by atoms with van der Waals surface area (Å²) in [6.07, 6.45) is 1.57. The van der Waals surface area contributed by atoms with Gasteiger partial charge in [-0.05, 0) is 12.1 Å². The molecule has 0 atom stereocenters. The first-order valence-electron chi connectivity index (χ1n) is 4.06. The molecular formula is C10H7N3S. The van der Waals surface area contributed by atoms with Crippen molar-refractivity contribution in [1.82, 2.24) is 4.98 Å². The predicted octanol–water partition coefficient (Wildman–Crippen LogP) is 2.76. The number of rotatable bonds is 2. The summed E-state index contributed by atoms with van der Waals surface area (Å²) in [5, 5.41) is 12.5. The average Bonchev–Trinajstić information content (AvgIpc) is 2.67. The lowest BCUT2D eigenvalue weighted by Gasteiger charge is -1.99. The van der Waals surface area contributed by atoms with Gasteiger partial charge in [0.15, 0.2) is 5.13 Å². The third-order valence-electron chi connectivity index (χ3n) is 1.64. The van der Waals surface area contributed by atoms with Gasteiger partial charge in [-0.1, -0.05) is 29.5 Å². The second-order valence-electron chi connectivity index (χ2n) is 2.63. The summed E-state index contributed by atoms with van der Waals surface area (Å²) in [5.41, 5.74) is 0.978. The molecule has 1 aromatic carbocycles. The Morgan fingerprint density at radius 2 is 2.07 bits per heavy atom. The molecule has 1 N–H and O–H groups in total. The van der Waals surface area contributed by atoms with Gasteiger partial charge in [0.05, 0.1) is 6.20 Å². The molecule has 0 amide bonds. The lowest BCUT2D eigenvalue weighted by molar-refractivity contribution is 1.38. The number of benzene rings is 1. The number of nitrogens with zero attached hydrogens (tertiary/aromatic N) is 2. The van der Waals surface area contributed by atoms with E-state index in [0.717, 1.165) is 10.8 Å². The SMILES string of the molecule is N#Cc1cnc(Nc2ccccc2)s1. The van der Waals surface area contributed by atoms with Crippen LogP contribution in [0.1, 0.15) is 4.88 Å². The molecule has 0 aliphatic heterocycles. The molecule has 2 rings (SSSR count). The van der Waals surface area contributed by atoms with Crippen LogP contribution in [0.15, 0.2) is 36.5 Å². The molecule has 2 aromatic rings. The number of hydrogen-bond acceptors (Lipinski definition) is 4. The van der Waals surface area contributed by atoms with Crippen LogP contribution < -0.4 is 5.32 Å². The minimum absolute atomic E-state index is 0.614. The topological polar surface area (TPSA) is 48.7 Å². The molecule has 14 heavy (non-hydrogen) atoms. The Labute approximate surface area is 85.7 Å². The number of para-hydroxylation sites is 1. The van der Waals surface area contributed by atoms with Gasteiger partial charge in [0.2, 0.25) is 0 Å². The van der Waals surface area contributed by atoms with E-state index in [-0.39, 0.29) is 0 Å². The summed E-state index contributed by atoms with van der Waals surface area (Å²) in [6, 6.07) is 11.8. The maximum absolute atomic E-state index is 8.61. The number of anilines is 2. The lowest BCUT2D eigenvalue weighted by atomic mass is 10.3. The first-order chi connectivity index (χ1) is 6.88. The van der Waals surface area contributed by atoms with Crippen LogP contribution in [0, 0.1) is 11.3 Å². The summed E-state index contributed by atoms with van der Waals surface area (Å²) >= 11 is 1.34. The van der Waals surface area contributed by atoms with Crippen LogP contribution in [0.2, 0.25) is 0 Å². The van der Waals surface area contributed by atoms with Crippen molar-refractivity contribution in [3.63, 3.8) is 0 Å². The molecule has 3 nitrogen and oxygen atoms in total. The second-order valence-corrected chi connectivity index (χ2v) is 3.66. The molecule has 0 bridgehead atoms. The summed E-state index contributed by atoms with van der Waals surface area (Å²) in [6.45, 7) is 0. The molecule has 1 heterocycles. The standard InChI is InChI=1S/C10H7N3S/c11-6-9-7-12-10(14-9)13-8-4-2-1-3-5-8/h1-5,7H,(H,12,13). The fourth-order valence-corrected chi connectivity index (χ4v) is 1.66. The van der Waals surface area contributed by atoms with Crippen LogP contribution in [-0.2, 0) is 0 Å². The van der Waals surface area contributed by atoms with Crippen LogP contribution in [0.3, 0.4) is 0 Å². The molecule has 0 fully saturated rings. The highest BCUT2D eigenvalue weighted by Gasteiger charge is 2.00. The molecule has 0 radical (unpaired) electrons. The molecule has 0 saturated carbocycles. The Morgan fingerprint density at radius 1 is 1.29 bits per heavy atom. The highest BCUT2D eigenvalue weighted by molar-refractivity contribution is 7.16. The van der Waals surface area contributed by atoms with Crippen molar-refractivity contribution >= 4 is 22.2 Å². The monoisotopic (exact) mass is 201 g/mol. The van der Waals surface area contributed by atoms with Crippen molar-refractivity contribution in [2.75, 3.05) is 5.32 Å². The van der Waals surface area contributed by atoms with Crippen molar-refractivity contribution in [1.29, 1.82) is 5.26 Å². The third-order valence-corrected chi connectivity index (χ3v) is 2.46. The number of nitriles is 1. The van der Waals surface area contributed by atoms with Crippen molar-refractivity contribution in [2.45, 2.75) is 0 Å². The Balaban J connectivity index is 2.16. The van der Waals surface area contributed by atoms with E-state index in [0.29, 0.717) is 4.88 Å². The molecular weight excluding hydrogens is 194 g/mol. The smallest absolute Gasteiger partial charge is 0.188 e. The van der Waals surface area contributed by atoms with Gasteiger partial charge in [0.25, 0.3) is 0 Å². The minimum atomic E-state index is 0.614.